The van der Waals surface area contributed by atoms with Crippen molar-refractivity contribution in [3.8, 4) is 0 Å². The zero-order valence-electron chi connectivity index (χ0n) is 42.3. The van der Waals surface area contributed by atoms with Crippen LogP contribution in [0.5, 0.6) is 0 Å². The van der Waals surface area contributed by atoms with Crippen LogP contribution in [0.2, 0.25) is 0 Å². The molecule has 6 nitrogen and oxygen atoms in total. The second kappa shape index (κ2) is 53.0. The Balaban J connectivity index is 3.42. The number of rotatable bonds is 52. The molecular formula is C57H109NO5. The van der Waals surface area contributed by atoms with Gasteiger partial charge in [-0.1, -0.05) is 256 Å². The second-order valence-electron chi connectivity index (χ2n) is 19.3. The number of carbonyl (C=O) groups is 2. The molecule has 0 spiro atoms. The first kappa shape index (κ1) is 61.3. The highest BCUT2D eigenvalue weighted by Crippen LogP contribution is 2.17. The van der Waals surface area contributed by atoms with Gasteiger partial charge < -0.3 is 20.3 Å². The van der Waals surface area contributed by atoms with E-state index in [0.29, 0.717) is 19.4 Å². The lowest BCUT2D eigenvalue weighted by atomic mass is 10.0. The molecule has 372 valence electrons. The van der Waals surface area contributed by atoms with E-state index in [0.717, 1.165) is 44.9 Å². The summed E-state index contributed by atoms with van der Waals surface area (Å²) in [5.41, 5.74) is 0. The average Bonchev–Trinajstić information content (AvgIpc) is 3.28. The summed E-state index contributed by atoms with van der Waals surface area (Å²) in [6.07, 6.45) is 63.4. The predicted octanol–water partition coefficient (Wildman–Crippen LogP) is 17.1. The quantitative estimate of drug-likeness (QED) is 0.0321. The summed E-state index contributed by atoms with van der Waals surface area (Å²) in [5.74, 6) is -0.0696. The van der Waals surface area contributed by atoms with Crippen molar-refractivity contribution >= 4 is 11.9 Å². The maximum Gasteiger partial charge on any atom is 0.305 e. The van der Waals surface area contributed by atoms with E-state index >= 15 is 0 Å². The van der Waals surface area contributed by atoms with Gasteiger partial charge in [-0.2, -0.15) is 0 Å². The van der Waals surface area contributed by atoms with Gasteiger partial charge in [0.05, 0.1) is 25.4 Å². The van der Waals surface area contributed by atoms with Gasteiger partial charge in [0.1, 0.15) is 0 Å². The fourth-order valence-corrected chi connectivity index (χ4v) is 8.63. The zero-order valence-corrected chi connectivity index (χ0v) is 42.3. The number of amides is 1. The molecule has 0 saturated heterocycles. The van der Waals surface area contributed by atoms with E-state index in [1.165, 1.54) is 231 Å². The van der Waals surface area contributed by atoms with Gasteiger partial charge in [-0.3, -0.25) is 9.59 Å². The molecular weight excluding hydrogens is 779 g/mol. The standard InChI is InChI=1S/C57H109NO5/c1-3-5-7-9-11-13-15-17-26-29-33-37-41-45-49-55(60)54(53-59)58-56(61)50-46-42-38-34-30-27-24-22-20-18-19-21-23-25-28-32-36-40-44-48-52-63-57(62)51-47-43-39-35-31-16-14-12-10-8-6-4-2/h12,14,45,49,54-55,59-60H,3-11,13,15-44,46-48,50-53H2,1-2H3,(H,58,61)/b14-12-,49-45+. The number of hydrogen-bond donors (Lipinski definition) is 3. The molecule has 6 heteroatoms. The Labute approximate surface area is 392 Å². The fourth-order valence-electron chi connectivity index (χ4n) is 8.63. The van der Waals surface area contributed by atoms with Crippen LogP contribution in [-0.4, -0.2) is 47.4 Å². The first-order valence-corrected chi connectivity index (χ1v) is 28.1. The van der Waals surface area contributed by atoms with Crippen molar-refractivity contribution in [2.75, 3.05) is 13.2 Å². The minimum absolute atomic E-state index is 0.000273. The number of esters is 1. The van der Waals surface area contributed by atoms with Gasteiger partial charge in [0.15, 0.2) is 0 Å². The largest absolute Gasteiger partial charge is 0.466 e. The molecule has 2 atom stereocenters. The molecule has 0 heterocycles. The maximum absolute atomic E-state index is 12.4. The number of carbonyl (C=O) groups excluding carboxylic acids is 2. The molecule has 63 heavy (non-hydrogen) atoms. The van der Waals surface area contributed by atoms with Crippen LogP contribution in [0.3, 0.4) is 0 Å². The van der Waals surface area contributed by atoms with Crippen LogP contribution in [0, 0.1) is 0 Å². The molecule has 0 aromatic rings. The van der Waals surface area contributed by atoms with Crippen molar-refractivity contribution in [2.24, 2.45) is 0 Å². The minimum Gasteiger partial charge on any atom is -0.466 e. The van der Waals surface area contributed by atoms with Crippen molar-refractivity contribution in [1.29, 1.82) is 0 Å². The zero-order chi connectivity index (χ0) is 45.8. The lowest BCUT2D eigenvalue weighted by Crippen LogP contribution is -2.45. The summed E-state index contributed by atoms with van der Waals surface area (Å²) in [4.78, 5) is 24.4. The maximum atomic E-state index is 12.4. The number of hydrogen-bond acceptors (Lipinski definition) is 5. The topological polar surface area (TPSA) is 95.9 Å². The monoisotopic (exact) mass is 888 g/mol. The summed E-state index contributed by atoms with van der Waals surface area (Å²) in [7, 11) is 0. The molecule has 0 fully saturated rings. The Hall–Kier alpha value is -1.66. The molecule has 0 bridgehead atoms. The Morgan fingerprint density at radius 2 is 0.746 bits per heavy atom. The van der Waals surface area contributed by atoms with Crippen molar-refractivity contribution in [1.82, 2.24) is 5.32 Å². The third-order valence-electron chi connectivity index (χ3n) is 13.0. The van der Waals surface area contributed by atoms with E-state index in [1.807, 2.05) is 6.08 Å². The smallest absolute Gasteiger partial charge is 0.305 e. The molecule has 0 rings (SSSR count). The van der Waals surface area contributed by atoms with E-state index in [4.69, 9.17) is 4.74 Å². The van der Waals surface area contributed by atoms with Crippen LogP contribution in [0.1, 0.15) is 303 Å². The Morgan fingerprint density at radius 1 is 0.429 bits per heavy atom. The number of nitrogens with one attached hydrogen (secondary N) is 1. The van der Waals surface area contributed by atoms with Crippen LogP contribution < -0.4 is 5.32 Å². The number of ether oxygens (including phenoxy) is 1. The predicted molar refractivity (Wildman–Crippen MR) is 273 cm³/mol. The van der Waals surface area contributed by atoms with Crippen LogP contribution in [0.4, 0.5) is 0 Å². The normalized spacial score (nSPS) is 12.8. The van der Waals surface area contributed by atoms with Crippen LogP contribution >= 0.6 is 0 Å². The second-order valence-corrected chi connectivity index (χ2v) is 19.3. The molecule has 3 N–H and O–H groups in total. The Bertz CT molecular complexity index is 982. The molecule has 2 unspecified atom stereocenters. The van der Waals surface area contributed by atoms with E-state index < -0.39 is 12.1 Å². The van der Waals surface area contributed by atoms with Gasteiger partial charge in [-0.15, -0.1) is 0 Å². The third kappa shape index (κ3) is 49.6. The van der Waals surface area contributed by atoms with Gasteiger partial charge in [0.25, 0.3) is 0 Å². The first-order valence-electron chi connectivity index (χ1n) is 28.1. The Morgan fingerprint density at radius 3 is 1.16 bits per heavy atom. The summed E-state index contributed by atoms with van der Waals surface area (Å²) in [5, 5.41) is 23.1. The molecule has 0 aromatic carbocycles. The van der Waals surface area contributed by atoms with Crippen LogP contribution in [-0.2, 0) is 14.3 Å². The molecule has 0 saturated carbocycles. The summed E-state index contributed by atoms with van der Waals surface area (Å²) >= 11 is 0. The summed E-state index contributed by atoms with van der Waals surface area (Å²) in [6.45, 7) is 4.88. The van der Waals surface area contributed by atoms with E-state index in [9.17, 15) is 19.8 Å². The molecule has 0 aliphatic carbocycles. The van der Waals surface area contributed by atoms with Gasteiger partial charge in [0, 0.05) is 12.8 Å². The molecule has 0 aliphatic rings. The third-order valence-corrected chi connectivity index (χ3v) is 13.0. The molecule has 0 aliphatic heterocycles. The van der Waals surface area contributed by atoms with Crippen molar-refractivity contribution in [3.63, 3.8) is 0 Å². The Kier molecular flexibility index (Phi) is 51.6. The summed E-state index contributed by atoms with van der Waals surface area (Å²) < 4.78 is 5.46. The lowest BCUT2D eigenvalue weighted by Gasteiger charge is -2.20. The first-order chi connectivity index (χ1) is 31.0. The minimum atomic E-state index is -0.845. The number of aliphatic hydroxyl groups is 2. The van der Waals surface area contributed by atoms with Crippen molar-refractivity contribution < 1.29 is 24.5 Å². The number of unbranched alkanes of at least 4 members (excludes halogenated alkanes) is 39. The van der Waals surface area contributed by atoms with Crippen molar-refractivity contribution in [3.05, 3.63) is 24.3 Å². The van der Waals surface area contributed by atoms with Crippen molar-refractivity contribution in [2.45, 2.75) is 315 Å². The highest BCUT2D eigenvalue weighted by molar-refractivity contribution is 5.76. The SMILES string of the molecule is CCCCC/C=C\CCCCCCCC(=O)OCCCCCCCCCCCCCCCCCCCCCCC(=O)NC(CO)C(O)/C=C/CCCCCCCCCCCCCC. The van der Waals surface area contributed by atoms with Crippen LogP contribution in [0.25, 0.3) is 0 Å². The number of allylic oxidation sites excluding steroid dienone is 3. The van der Waals surface area contributed by atoms with Gasteiger partial charge in [-0.25, -0.2) is 0 Å². The van der Waals surface area contributed by atoms with E-state index in [-0.39, 0.29) is 18.5 Å². The van der Waals surface area contributed by atoms with E-state index in [1.54, 1.807) is 6.08 Å². The molecule has 0 aromatic heterocycles. The highest BCUT2D eigenvalue weighted by Gasteiger charge is 2.18. The van der Waals surface area contributed by atoms with Gasteiger partial charge in [0.2, 0.25) is 5.91 Å². The molecule has 0 radical (unpaired) electrons. The van der Waals surface area contributed by atoms with Gasteiger partial charge in [-0.05, 0) is 57.8 Å². The van der Waals surface area contributed by atoms with Crippen LogP contribution in [0.15, 0.2) is 24.3 Å². The van der Waals surface area contributed by atoms with Gasteiger partial charge >= 0.3 is 5.97 Å². The average molecular weight is 889 g/mol. The lowest BCUT2D eigenvalue weighted by molar-refractivity contribution is -0.143. The van der Waals surface area contributed by atoms with E-state index in [2.05, 4.69) is 31.3 Å². The number of aliphatic hydroxyl groups excluding tert-OH is 2. The fraction of sp³-hybridized carbons (Fsp3) is 0.895. The highest BCUT2D eigenvalue weighted by atomic mass is 16.5. The molecule has 1 amide bonds. The summed E-state index contributed by atoms with van der Waals surface area (Å²) in [6, 6.07) is -0.628.